The minimum Gasteiger partial charge on any atom is -0.381 e. The van der Waals surface area contributed by atoms with E-state index in [0.29, 0.717) is 19.6 Å². The molecule has 0 spiro atoms. The predicted octanol–water partition coefficient (Wildman–Crippen LogP) is 3.76. The second-order valence-corrected chi connectivity index (χ2v) is 8.67. The molecule has 2 aromatic carbocycles. The van der Waals surface area contributed by atoms with Gasteiger partial charge >= 0.3 is 0 Å². The molecule has 0 aromatic heterocycles. The number of hydrogen-bond donors (Lipinski definition) is 2. The van der Waals surface area contributed by atoms with E-state index >= 15 is 0 Å². The molecule has 29 heavy (non-hydrogen) atoms. The lowest BCUT2D eigenvalue weighted by Gasteiger charge is -2.11. The summed E-state index contributed by atoms with van der Waals surface area (Å²) < 4.78 is 33.2. The van der Waals surface area contributed by atoms with Gasteiger partial charge in [0, 0.05) is 31.9 Å². The topological polar surface area (TPSA) is 84.5 Å². The molecule has 0 aliphatic rings. The molecule has 8 heteroatoms. The molecule has 0 fully saturated rings. The highest BCUT2D eigenvalue weighted by molar-refractivity contribution is 7.89. The Bertz CT molecular complexity index is 889. The van der Waals surface area contributed by atoms with E-state index in [1.54, 1.807) is 0 Å². The number of rotatable bonds is 12. The lowest BCUT2D eigenvalue weighted by Crippen LogP contribution is -2.27. The molecule has 0 saturated carbocycles. The molecular weight excluding hydrogens is 412 g/mol. The zero-order chi connectivity index (χ0) is 21.1. The Labute approximate surface area is 177 Å². The Kier molecular flexibility index (Phi) is 9.60. The molecule has 2 aromatic rings. The largest absolute Gasteiger partial charge is 0.381 e. The number of amides is 1. The normalized spacial score (nSPS) is 11.4. The lowest BCUT2D eigenvalue weighted by molar-refractivity contribution is 0.0940. The van der Waals surface area contributed by atoms with Crippen molar-refractivity contribution in [1.82, 2.24) is 10.0 Å². The smallest absolute Gasteiger partial charge is 0.251 e. The zero-order valence-electron chi connectivity index (χ0n) is 16.5. The van der Waals surface area contributed by atoms with Gasteiger partial charge in [-0.3, -0.25) is 4.79 Å². The number of unbranched alkanes of at least 4 members (excludes halogenated alkanes) is 1. The second-order valence-electron chi connectivity index (χ2n) is 6.53. The van der Waals surface area contributed by atoms with Crippen molar-refractivity contribution in [1.29, 1.82) is 0 Å². The maximum Gasteiger partial charge on any atom is 0.251 e. The number of hydrogen-bond acceptors (Lipinski definition) is 4. The minimum absolute atomic E-state index is 0.0615. The highest BCUT2D eigenvalue weighted by Crippen LogP contribution is 2.23. The summed E-state index contributed by atoms with van der Waals surface area (Å²) in [5.74, 6) is -0.352. The van der Waals surface area contributed by atoms with E-state index in [2.05, 4.69) is 17.0 Å². The summed E-state index contributed by atoms with van der Waals surface area (Å²) >= 11 is 6.09. The summed E-state index contributed by atoms with van der Waals surface area (Å²) in [6.45, 7) is 3.97. The number of carbonyl (C=O) groups excluding carboxylic acids is 1. The average Bonchev–Trinajstić information content (AvgIpc) is 2.72. The van der Waals surface area contributed by atoms with Crippen LogP contribution < -0.4 is 10.0 Å². The van der Waals surface area contributed by atoms with Crippen LogP contribution >= 0.6 is 11.6 Å². The molecular formula is C21H27ClN2O4S. The Morgan fingerprint density at radius 2 is 1.79 bits per heavy atom. The molecule has 0 aliphatic heterocycles. The van der Waals surface area contributed by atoms with Crippen molar-refractivity contribution in [2.45, 2.75) is 37.6 Å². The highest BCUT2D eigenvalue weighted by Gasteiger charge is 2.20. The Balaban J connectivity index is 1.94. The number of sulfonamides is 1. The molecule has 0 aliphatic carbocycles. The maximum absolute atomic E-state index is 12.6. The molecule has 0 atom stereocenters. The fourth-order valence-electron chi connectivity index (χ4n) is 2.53. The standard InChI is InChI=1S/C21H27ClN2O4S/c1-2-3-13-28-14-7-12-23-21(25)18-10-11-19(22)20(15-18)29(26,27)24-16-17-8-5-4-6-9-17/h4-6,8-11,15,24H,2-3,7,12-14,16H2,1H3,(H,23,25). The van der Waals surface area contributed by atoms with Gasteiger partial charge in [0.15, 0.2) is 0 Å². The molecule has 2 N–H and O–H groups in total. The second kappa shape index (κ2) is 11.9. The van der Waals surface area contributed by atoms with Crippen LogP contribution in [0.3, 0.4) is 0 Å². The van der Waals surface area contributed by atoms with Crippen LogP contribution in [0.15, 0.2) is 53.4 Å². The molecule has 0 heterocycles. The number of carbonyl (C=O) groups is 1. The van der Waals surface area contributed by atoms with Gasteiger partial charge in [-0.1, -0.05) is 55.3 Å². The summed E-state index contributed by atoms with van der Waals surface area (Å²) in [7, 11) is -3.87. The molecule has 1 amide bonds. The summed E-state index contributed by atoms with van der Waals surface area (Å²) in [5.41, 5.74) is 1.06. The molecule has 2 rings (SSSR count). The van der Waals surface area contributed by atoms with Crippen LogP contribution in [-0.4, -0.2) is 34.1 Å². The average molecular weight is 439 g/mol. The van der Waals surface area contributed by atoms with Gasteiger partial charge < -0.3 is 10.1 Å². The summed E-state index contributed by atoms with van der Waals surface area (Å²) in [4.78, 5) is 12.2. The number of nitrogens with one attached hydrogen (secondary N) is 2. The summed E-state index contributed by atoms with van der Waals surface area (Å²) in [6, 6.07) is 13.4. The van der Waals surface area contributed by atoms with Crippen LogP contribution in [0, 0.1) is 0 Å². The third kappa shape index (κ3) is 7.78. The first-order valence-electron chi connectivity index (χ1n) is 9.63. The van der Waals surface area contributed by atoms with Crippen LogP contribution in [0.4, 0.5) is 0 Å². The minimum atomic E-state index is -3.87. The van der Waals surface area contributed by atoms with Crippen LogP contribution in [-0.2, 0) is 21.3 Å². The van der Waals surface area contributed by atoms with E-state index in [4.69, 9.17) is 16.3 Å². The van der Waals surface area contributed by atoms with Gasteiger partial charge in [0.05, 0.1) is 5.02 Å². The van der Waals surface area contributed by atoms with E-state index in [1.807, 2.05) is 30.3 Å². The number of benzene rings is 2. The molecule has 0 radical (unpaired) electrons. The van der Waals surface area contributed by atoms with Gasteiger partial charge in [-0.15, -0.1) is 0 Å². The van der Waals surface area contributed by atoms with Gasteiger partial charge in [0.1, 0.15) is 4.90 Å². The fraction of sp³-hybridized carbons (Fsp3) is 0.381. The van der Waals surface area contributed by atoms with Gasteiger partial charge in [-0.05, 0) is 36.6 Å². The third-order valence-electron chi connectivity index (χ3n) is 4.19. The fourth-order valence-corrected chi connectivity index (χ4v) is 4.07. The predicted molar refractivity (Wildman–Crippen MR) is 115 cm³/mol. The number of halogens is 1. The quantitative estimate of drug-likeness (QED) is 0.494. The van der Waals surface area contributed by atoms with Crippen molar-refractivity contribution >= 4 is 27.5 Å². The first-order valence-corrected chi connectivity index (χ1v) is 11.5. The van der Waals surface area contributed by atoms with Gasteiger partial charge in [-0.2, -0.15) is 0 Å². The molecule has 0 unspecified atom stereocenters. The molecule has 0 saturated heterocycles. The SMILES string of the molecule is CCCCOCCCNC(=O)c1ccc(Cl)c(S(=O)(=O)NCc2ccccc2)c1. The van der Waals surface area contributed by atoms with Crippen LogP contribution in [0.25, 0.3) is 0 Å². The van der Waals surface area contributed by atoms with E-state index in [1.165, 1.54) is 18.2 Å². The van der Waals surface area contributed by atoms with Crippen molar-refractivity contribution in [3.63, 3.8) is 0 Å². The van der Waals surface area contributed by atoms with Crippen LogP contribution in [0.1, 0.15) is 42.1 Å². The highest BCUT2D eigenvalue weighted by atomic mass is 35.5. The van der Waals surface area contributed by atoms with E-state index in [-0.39, 0.29) is 27.9 Å². The first-order chi connectivity index (χ1) is 13.9. The van der Waals surface area contributed by atoms with Crippen molar-refractivity contribution in [3.8, 4) is 0 Å². The Hall–Kier alpha value is -1.93. The Morgan fingerprint density at radius 1 is 1.07 bits per heavy atom. The van der Waals surface area contributed by atoms with Crippen molar-refractivity contribution in [3.05, 3.63) is 64.7 Å². The van der Waals surface area contributed by atoms with E-state index < -0.39 is 10.0 Å². The van der Waals surface area contributed by atoms with Crippen molar-refractivity contribution < 1.29 is 17.9 Å². The maximum atomic E-state index is 12.6. The molecule has 0 bridgehead atoms. The zero-order valence-corrected chi connectivity index (χ0v) is 18.1. The van der Waals surface area contributed by atoms with E-state index in [0.717, 1.165) is 25.0 Å². The van der Waals surface area contributed by atoms with Crippen LogP contribution in [0.2, 0.25) is 5.02 Å². The van der Waals surface area contributed by atoms with Gasteiger partial charge in [-0.25, -0.2) is 13.1 Å². The lowest BCUT2D eigenvalue weighted by atomic mass is 10.2. The van der Waals surface area contributed by atoms with Gasteiger partial charge in [0.25, 0.3) is 5.91 Å². The Morgan fingerprint density at radius 3 is 2.52 bits per heavy atom. The van der Waals surface area contributed by atoms with Crippen LogP contribution in [0.5, 0.6) is 0 Å². The first kappa shape index (κ1) is 23.3. The summed E-state index contributed by atoms with van der Waals surface area (Å²) in [6.07, 6.45) is 2.79. The molecule has 6 nitrogen and oxygen atoms in total. The summed E-state index contributed by atoms with van der Waals surface area (Å²) in [5, 5.41) is 2.83. The third-order valence-corrected chi connectivity index (χ3v) is 6.07. The van der Waals surface area contributed by atoms with E-state index in [9.17, 15) is 13.2 Å². The molecule has 158 valence electrons. The van der Waals surface area contributed by atoms with Gasteiger partial charge in [0.2, 0.25) is 10.0 Å². The van der Waals surface area contributed by atoms with Crippen molar-refractivity contribution in [2.24, 2.45) is 0 Å². The monoisotopic (exact) mass is 438 g/mol. The number of ether oxygens (including phenoxy) is 1. The van der Waals surface area contributed by atoms with Crippen molar-refractivity contribution in [2.75, 3.05) is 19.8 Å².